The van der Waals surface area contributed by atoms with Crippen LogP contribution in [-0.4, -0.2) is 67.3 Å². The van der Waals surface area contributed by atoms with Gasteiger partial charge in [-0.25, -0.2) is 4.99 Å². The number of rotatable bonds is 5. The van der Waals surface area contributed by atoms with Crippen LogP contribution in [0.1, 0.15) is 54.3 Å². The van der Waals surface area contributed by atoms with Crippen molar-refractivity contribution in [2.45, 2.75) is 39.9 Å². The summed E-state index contributed by atoms with van der Waals surface area (Å²) in [6.45, 7) is 9.03. The van der Waals surface area contributed by atoms with Crippen LogP contribution in [0, 0.1) is 12.3 Å². The summed E-state index contributed by atoms with van der Waals surface area (Å²) in [5.41, 5.74) is -2.70. The highest BCUT2D eigenvalue weighted by atomic mass is 32.2. The molecular formula is C25H31F3N6O4S. The van der Waals surface area contributed by atoms with Crippen molar-refractivity contribution >= 4 is 28.6 Å². The maximum atomic E-state index is 13.9. The minimum atomic E-state index is -4.88. The largest absolute Gasteiger partial charge is 0.548 e. The number of aromatic hydroxyl groups is 1. The van der Waals surface area contributed by atoms with E-state index in [0.29, 0.717) is 24.6 Å². The van der Waals surface area contributed by atoms with Crippen molar-refractivity contribution in [2.75, 3.05) is 38.5 Å². The van der Waals surface area contributed by atoms with Crippen molar-refractivity contribution in [2.24, 2.45) is 10.4 Å². The van der Waals surface area contributed by atoms with E-state index in [0.717, 1.165) is 12.1 Å². The van der Waals surface area contributed by atoms with Crippen LogP contribution < -0.4 is 10.8 Å². The number of phenols is 1. The number of alkyl halides is 3. The van der Waals surface area contributed by atoms with Gasteiger partial charge in [-0.2, -0.15) is 13.2 Å². The summed E-state index contributed by atoms with van der Waals surface area (Å²) >= 11 is -1.92. The lowest BCUT2D eigenvalue weighted by Gasteiger charge is -2.33. The molecule has 14 heteroatoms. The summed E-state index contributed by atoms with van der Waals surface area (Å²) in [6.07, 6.45) is -4.88. The van der Waals surface area contributed by atoms with Crippen molar-refractivity contribution in [3.63, 3.8) is 0 Å². The van der Waals surface area contributed by atoms with Gasteiger partial charge in [0.2, 0.25) is 11.3 Å². The van der Waals surface area contributed by atoms with Gasteiger partial charge >= 0.3 is 6.18 Å². The Balaban J connectivity index is 1.77. The smallest absolute Gasteiger partial charge is 0.417 e. The van der Waals surface area contributed by atoms with E-state index in [9.17, 15) is 27.6 Å². The number of piperazine rings is 1. The Hall–Kier alpha value is -3.36. The van der Waals surface area contributed by atoms with Crippen molar-refractivity contribution in [1.82, 2.24) is 18.5 Å². The van der Waals surface area contributed by atoms with Crippen LogP contribution >= 0.6 is 11.1 Å². The van der Waals surface area contributed by atoms with E-state index in [2.05, 4.69) is 19.1 Å². The summed E-state index contributed by atoms with van der Waals surface area (Å²) in [6, 6.07) is 4.76. The first-order chi connectivity index (χ1) is 18.1. The second-order valence-corrected chi connectivity index (χ2v) is 11.5. The Morgan fingerprint density at radius 2 is 1.87 bits per heavy atom. The average molecular weight is 569 g/mol. The molecule has 0 aliphatic carbocycles. The number of aromatic nitrogens is 2. The van der Waals surface area contributed by atoms with Crippen LogP contribution in [0.2, 0.25) is 0 Å². The molecule has 1 amide bonds. The Bertz CT molecular complexity index is 1410. The molecule has 1 aliphatic rings. The van der Waals surface area contributed by atoms with Gasteiger partial charge in [-0.1, -0.05) is 20.8 Å². The van der Waals surface area contributed by atoms with E-state index in [1.165, 1.54) is 4.90 Å². The quantitative estimate of drug-likeness (QED) is 0.303. The number of furan rings is 1. The third kappa shape index (κ3) is 6.28. The van der Waals surface area contributed by atoms with E-state index < -0.39 is 51.6 Å². The molecule has 0 saturated carbocycles. The van der Waals surface area contributed by atoms with Crippen LogP contribution in [0.25, 0.3) is 0 Å². The molecule has 0 radical (unpaired) electrons. The van der Waals surface area contributed by atoms with Gasteiger partial charge in [0.15, 0.2) is 16.9 Å². The molecule has 0 spiro atoms. The van der Waals surface area contributed by atoms with E-state index in [1.807, 2.05) is 32.7 Å². The van der Waals surface area contributed by atoms with Crippen LogP contribution in [0.5, 0.6) is 5.75 Å². The predicted molar refractivity (Wildman–Crippen MR) is 138 cm³/mol. The molecule has 2 aromatic heterocycles. The van der Waals surface area contributed by atoms with Gasteiger partial charge in [0.05, 0.1) is 16.8 Å². The van der Waals surface area contributed by atoms with Crippen LogP contribution in [-0.2, 0) is 6.18 Å². The lowest BCUT2D eigenvalue weighted by Crippen LogP contribution is -2.47. The summed E-state index contributed by atoms with van der Waals surface area (Å²) in [4.78, 5) is 21.1. The number of hydrogen-bond donors (Lipinski definition) is 3. The van der Waals surface area contributed by atoms with Crippen molar-refractivity contribution in [3.05, 3.63) is 52.4 Å². The zero-order valence-corrected chi connectivity index (χ0v) is 23.0. The van der Waals surface area contributed by atoms with Crippen molar-refractivity contribution in [1.29, 1.82) is 0 Å². The van der Waals surface area contributed by atoms with Gasteiger partial charge in [-0.15, -0.1) is 4.37 Å². The van der Waals surface area contributed by atoms with Gasteiger partial charge in [0.1, 0.15) is 17.6 Å². The van der Waals surface area contributed by atoms with Gasteiger partial charge < -0.3 is 29.2 Å². The van der Waals surface area contributed by atoms with Crippen molar-refractivity contribution in [3.8, 4) is 5.75 Å². The number of nitrogens with one attached hydrogen (secondary N) is 2. The first kappa shape index (κ1) is 28.6. The fourth-order valence-corrected chi connectivity index (χ4v) is 4.96. The third-order valence-electron chi connectivity index (χ3n) is 6.43. The molecule has 3 heterocycles. The van der Waals surface area contributed by atoms with Crippen molar-refractivity contribution < 1.29 is 32.0 Å². The van der Waals surface area contributed by atoms with E-state index in [-0.39, 0.29) is 30.1 Å². The maximum absolute atomic E-state index is 13.9. The van der Waals surface area contributed by atoms with Crippen LogP contribution in [0.4, 0.5) is 24.7 Å². The number of carbonyl (C=O) groups is 1. The number of anilines is 2. The molecule has 0 bridgehead atoms. The second-order valence-electron chi connectivity index (χ2n) is 10.6. The lowest BCUT2D eigenvalue weighted by molar-refractivity contribution is -0.138. The van der Waals surface area contributed by atoms with E-state index >= 15 is 0 Å². The maximum Gasteiger partial charge on any atom is 0.417 e. The number of carbonyl (C=O) groups excluding carboxylic acids is 1. The fraction of sp³-hybridized carbons (Fsp3) is 0.480. The van der Waals surface area contributed by atoms with Gasteiger partial charge in [-0.05, 0) is 43.7 Å². The number of benzene rings is 1. The van der Waals surface area contributed by atoms with Gasteiger partial charge in [0.25, 0.3) is 5.91 Å². The number of halogens is 3. The number of aromatic amines is 1. The molecule has 1 fully saturated rings. The molecule has 3 aromatic rings. The number of likely N-dealkylation sites (N-methyl/N-ethyl adjacent to an activating group) is 1. The zero-order chi connectivity index (χ0) is 28.7. The molecule has 212 valence electrons. The molecule has 1 aromatic carbocycles. The topological polar surface area (TPSA) is 133 Å². The highest BCUT2D eigenvalue weighted by Gasteiger charge is 2.39. The normalized spacial score (nSPS) is 17.0. The zero-order valence-electron chi connectivity index (χ0n) is 22.2. The van der Waals surface area contributed by atoms with Gasteiger partial charge in [0, 0.05) is 30.6 Å². The third-order valence-corrected chi connectivity index (χ3v) is 7.15. The number of aryl methyl sites for hydroxylation is 1. The first-order valence-electron chi connectivity index (χ1n) is 12.2. The summed E-state index contributed by atoms with van der Waals surface area (Å²) in [5.74, 6) is -0.645. The van der Waals surface area contributed by atoms with Crippen LogP contribution in [0.3, 0.4) is 0 Å². The first-order valence-corrected chi connectivity index (χ1v) is 13.4. The number of amides is 1. The van der Waals surface area contributed by atoms with E-state index in [4.69, 9.17) is 4.42 Å². The Morgan fingerprint density at radius 3 is 2.44 bits per heavy atom. The van der Waals surface area contributed by atoms with E-state index in [1.54, 1.807) is 19.1 Å². The summed E-state index contributed by atoms with van der Waals surface area (Å²) < 4.78 is 66.3. The number of H-pyrrole nitrogens is 1. The Morgan fingerprint density at radius 1 is 1.21 bits per heavy atom. The number of phenolic OH excluding ortho intramolecular Hbond substituents is 1. The van der Waals surface area contributed by atoms with Crippen LogP contribution in [0.15, 0.2) is 33.7 Å². The molecule has 4 rings (SSSR count). The standard InChI is InChI=1S/C25H31F3N6O4S/c1-14-6-9-17(38-14)20(24(2,3)4)30-22-21(31-39(37)32-22)29-16-8-7-15(25(26,27)28)18(19(16)35)23(36)34-12-10-33(5)11-13-34/h6-9,20,35H,10-13H2,1-5H3,(H,29,31)(H,30,32)/t20-,39?/m0/s1. The highest BCUT2D eigenvalue weighted by Crippen LogP contribution is 2.41. The van der Waals surface area contributed by atoms with Gasteiger partial charge in [-0.3, -0.25) is 4.79 Å². The average Bonchev–Trinajstić information content (AvgIpc) is 3.41. The number of nitrogens with zero attached hydrogens (tertiary/aromatic N) is 4. The minimum Gasteiger partial charge on any atom is -0.548 e. The highest BCUT2D eigenvalue weighted by molar-refractivity contribution is 7.13. The Labute approximate surface area is 226 Å². The lowest BCUT2D eigenvalue weighted by atomic mass is 9.86. The summed E-state index contributed by atoms with van der Waals surface area (Å²) in [5, 5.41) is 13.7. The molecule has 1 unspecified atom stereocenters. The minimum absolute atomic E-state index is 0.0635. The summed E-state index contributed by atoms with van der Waals surface area (Å²) in [7, 11) is 1.85. The molecule has 3 N–H and O–H groups in total. The molecule has 39 heavy (non-hydrogen) atoms. The monoisotopic (exact) mass is 568 g/mol. The predicted octanol–water partition coefficient (Wildman–Crippen LogP) is 4.58. The molecular weight excluding hydrogens is 537 g/mol. The SMILES string of the molecule is Cc1ccc([C@H](N=c2[nH][s+]([O-])nc2Nc2ccc(C(F)(F)F)c(C(=O)N3CCN(C)CC3)c2O)C(C)(C)C)o1. The molecule has 1 aliphatic heterocycles. The molecule has 2 atom stereocenters. The number of hydrogen-bond acceptors (Lipinski definition) is 8. The second kappa shape index (κ2) is 10.7. The molecule has 1 saturated heterocycles. The fourth-order valence-electron chi connectivity index (χ4n) is 4.30. The Kier molecular flexibility index (Phi) is 7.83. The molecule has 10 nitrogen and oxygen atoms in total.